The van der Waals surface area contributed by atoms with Gasteiger partial charge >= 0.3 is 6.09 Å². The molecule has 1 N–H and O–H groups in total. The molecule has 0 radical (unpaired) electrons. The minimum Gasteiger partial charge on any atom is -0.440 e. The highest BCUT2D eigenvalue weighted by atomic mass is 35.5. The predicted octanol–water partition coefficient (Wildman–Crippen LogP) is 2.60. The number of H-pyrrole nitrogens is 1. The topological polar surface area (TPSA) is 65.6 Å². The number of rotatable bonds is 2. The number of aromatic nitrogens is 1. The van der Waals surface area contributed by atoms with Crippen molar-refractivity contribution in [3.8, 4) is 0 Å². The van der Waals surface area contributed by atoms with Gasteiger partial charge in [0.15, 0.2) is 5.43 Å². The first-order valence-electron chi connectivity index (χ1n) is 8.42. The highest BCUT2D eigenvalue weighted by Crippen LogP contribution is 2.31. The molecule has 2 aromatic rings. The molecule has 1 aromatic carbocycles. The van der Waals surface area contributed by atoms with Gasteiger partial charge in [-0.05, 0) is 37.6 Å². The quantitative estimate of drug-likeness (QED) is 0.893. The van der Waals surface area contributed by atoms with Crippen LogP contribution < -0.4 is 5.43 Å². The number of likely N-dealkylation sites (tertiary alicyclic amines) is 1. The molecule has 1 spiro atoms. The van der Waals surface area contributed by atoms with Gasteiger partial charge in [-0.2, -0.15) is 0 Å². The molecule has 0 saturated carbocycles. The molecule has 1 amide bonds. The van der Waals surface area contributed by atoms with Crippen LogP contribution in [0, 0.1) is 0 Å². The average Bonchev–Trinajstić information content (AvgIpc) is 2.81. The summed E-state index contributed by atoms with van der Waals surface area (Å²) in [5.41, 5.74) is 1.18. The second-order valence-corrected chi connectivity index (χ2v) is 7.51. The standard InChI is InChI=1S/C18H20ClN3O3/c1-21-10-18(25-17(21)24)5-2-6-22(11-18)9-13-8-16(23)14-7-12(19)3-4-15(14)20-13/h3-4,7-8H,2,5-6,9-11H2,1H3,(H,20,23)/t18-/m0/s1. The number of likely N-dealkylation sites (N-methyl/N-ethyl adjacent to an activating group) is 1. The van der Waals surface area contributed by atoms with Gasteiger partial charge in [0, 0.05) is 47.8 Å². The minimum atomic E-state index is -0.422. The summed E-state index contributed by atoms with van der Waals surface area (Å²) in [7, 11) is 1.77. The lowest BCUT2D eigenvalue weighted by Crippen LogP contribution is -2.50. The van der Waals surface area contributed by atoms with Crippen LogP contribution in [0.25, 0.3) is 10.9 Å². The second kappa shape index (κ2) is 6.04. The Labute approximate surface area is 150 Å². The Hall–Kier alpha value is -2.05. The van der Waals surface area contributed by atoms with Crippen LogP contribution in [-0.2, 0) is 11.3 Å². The van der Waals surface area contributed by atoms with Crippen LogP contribution in [0.2, 0.25) is 5.02 Å². The number of hydrogen-bond donors (Lipinski definition) is 1. The van der Waals surface area contributed by atoms with Crippen LogP contribution in [0.4, 0.5) is 4.79 Å². The SMILES string of the molecule is CN1C[C@]2(CCCN(Cc3cc(=O)c4cc(Cl)ccc4[nH]3)C2)OC1=O. The lowest BCUT2D eigenvalue weighted by atomic mass is 9.92. The summed E-state index contributed by atoms with van der Waals surface area (Å²) < 4.78 is 5.64. The summed E-state index contributed by atoms with van der Waals surface area (Å²) in [6.45, 7) is 2.85. The van der Waals surface area contributed by atoms with Crippen LogP contribution in [0.1, 0.15) is 18.5 Å². The third kappa shape index (κ3) is 3.12. The molecular weight excluding hydrogens is 342 g/mol. The summed E-state index contributed by atoms with van der Waals surface area (Å²) in [6, 6.07) is 6.91. The number of carbonyl (C=O) groups is 1. The highest BCUT2D eigenvalue weighted by molar-refractivity contribution is 6.31. The molecule has 6 nitrogen and oxygen atoms in total. The third-order valence-corrected chi connectivity index (χ3v) is 5.24. The van der Waals surface area contributed by atoms with Crippen LogP contribution in [0.5, 0.6) is 0 Å². The molecule has 4 rings (SSSR count). The monoisotopic (exact) mass is 361 g/mol. The van der Waals surface area contributed by atoms with E-state index in [2.05, 4.69) is 9.88 Å². The van der Waals surface area contributed by atoms with E-state index in [0.717, 1.165) is 30.6 Å². The van der Waals surface area contributed by atoms with Gasteiger partial charge in [-0.1, -0.05) is 11.6 Å². The molecule has 2 saturated heterocycles. The van der Waals surface area contributed by atoms with E-state index in [-0.39, 0.29) is 11.5 Å². The fraction of sp³-hybridized carbons (Fsp3) is 0.444. The van der Waals surface area contributed by atoms with E-state index in [1.54, 1.807) is 30.1 Å². The Kier molecular flexibility index (Phi) is 3.96. The Morgan fingerprint density at radius 2 is 2.12 bits per heavy atom. The number of pyridine rings is 1. The zero-order valence-electron chi connectivity index (χ0n) is 14.0. The summed E-state index contributed by atoms with van der Waals surface area (Å²) in [6.07, 6.45) is 1.60. The van der Waals surface area contributed by atoms with Gasteiger partial charge in [-0.3, -0.25) is 9.69 Å². The predicted molar refractivity (Wildman–Crippen MR) is 95.9 cm³/mol. The zero-order chi connectivity index (χ0) is 17.6. The van der Waals surface area contributed by atoms with E-state index in [0.29, 0.717) is 30.0 Å². The molecule has 132 valence electrons. The van der Waals surface area contributed by atoms with Crippen molar-refractivity contribution >= 4 is 28.6 Å². The highest BCUT2D eigenvalue weighted by Gasteiger charge is 2.46. The van der Waals surface area contributed by atoms with Crippen LogP contribution >= 0.6 is 11.6 Å². The Morgan fingerprint density at radius 1 is 1.28 bits per heavy atom. The van der Waals surface area contributed by atoms with Gasteiger partial charge in [0.1, 0.15) is 5.60 Å². The van der Waals surface area contributed by atoms with Crippen molar-refractivity contribution in [2.45, 2.75) is 25.0 Å². The first kappa shape index (κ1) is 16.4. The summed E-state index contributed by atoms with van der Waals surface area (Å²) in [5, 5.41) is 1.15. The van der Waals surface area contributed by atoms with Gasteiger partial charge in [0.2, 0.25) is 0 Å². The molecular formula is C18H20ClN3O3. The molecule has 0 aliphatic carbocycles. The number of amides is 1. The largest absolute Gasteiger partial charge is 0.440 e. The van der Waals surface area contributed by atoms with E-state index < -0.39 is 5.60 Å². The number of aromatic amines is 1. The van der Waals surface area contributed by atoms with Crippen molar-refractivity contribution in [1.82, 2.24) is 14.8 Å². The van der Waals surface area contributed by atoms with Crippen molar-refractivity contribution in [2.24, 2.45) is 0 Å². The zero-order valence-corrected chi connectivity index (χ0v) is 14.8. The molecule has 2 fully saturated rings. The number of fused-ring (bicyclic) bond motifs is 1. The summed E-state index contributed by atoms with van der Waals surface area (Å²) in [4.78, 5) is 31.3. The smallest absolute Gasteiger partial charge is 0.410 e. The average molecular weight is 362 g/mol. The molecule has 3 heterocycles. The van der Waals surface area contributed by atoms with Crippen LogP contribution in [-0.4, -0.2) is 53.2 Å². The molecule has 7 heteroatoms. The molecule has 1 atom stereocenters. The molecule has 0 unspecified atom stereocenters. The van der Waals surface area contributed by atoms with Crippen molar-refractivity contribution in [1.29, 1.82) is 0 Å². The van der Waals surface area contributed by atoms with Gasteiger partial charge in [-0.15, -0.1) is 0 Å². The van der Waals surface area contributed by atoms with Crippen molar-refractivity contribution < 1.29 is 9.53 Å². The fourth-order valence-corrected chi connectivity index (χ4v) is 4.10. The van der Waals surface area contributed by atoms with Crippen molar-refractivity contribution in [3.63, 3.8) is 0 Å². The maximum atomic E-state index is 12.4. The minimum absolute atomic E-state index is 0.0370. The summed E-state index contributed by atoms with van der Waals surface area (Å²) in [5.74, 6) is 0. The van der Waals surface area contributed by atoms with E-state index in [9.17, 15) is 9.59 Å². The molecule has 25 heavy (non-hydrogen) atoms. The normalized spacial score (nSPS) is 24.2. The maximum absolute atomic E-state index is 12.4. The number of piperidine rings is 1. The number of carbonyl (C=O) groups excluding carboxylic acids is 1. The Balaban J connectivity index is 1.56. The second-order valence-electron chi connectivity index (χ2n) is 7.07. The van der Waals surface area contributed by atoms with Crippen molar-refractivity contribution in [3.05, 3.63) is 45.2 Å². The van der Waals surface area contributed by atoms with E-state index in [1.807, 2.05) is 6.07 Å². The van der Waals surface area contributed by atoms with Gasteiger partial charge in [0.05, 0.1) is 6.54 Å². The lowest BCUT2D eigenvalue weighted by Gasteiger charge is -2.38. The Bertz CT molecular complexity index is 897. The van der Waals surface area contributed by atoms with Crippen LogP contribution in [0.15, 0.2) is 29.1 Å². The summed E-state index contributed by atoms with van der Waals surface area (Å²) >= 11 is 5.97. The van der Waals surface area contributed by atoms with Crippen molar-refractivity contribution in [2.75, 3.05) is 26.7 Å². The third-order valence-electron chi connectivity index (χ3n) is 5.00. The van der Waals surface area contributed by atoms with Gasteiger partial charge < -0.3 is 14.6 Å². The molecule has 2 aliphatic rings. The lowest BCUT2D eigenvalue weighted by molar-refractivity contribution is -0.0116. The number of ether oxygens (including phenoxy) is 1. The fourth-order valence-electron chi connectivity index (χ4n) is 3.93. The first-order valence-corrected chi connectivity index (χ1v) is 8.80. The number of halogens is 1. The van der Waals surface area contributed by atoms with Gasteiger partial charge in [0.25, 0.3) is 0 Å². The van der Waals surface area contributed by atoms with E-state index >= 15 is 0 Å². The molecule has 1 aromatic heterocycles. The first-order chi connectivity index (χ1) is 11.9. The number of nitrogens with one attached hydrogen (secondary N) is 1. The number of benzene rings is 1. The van der Waals surface area contributed by atoms with E-state index in [4.69, 9.17) is 16.3 Å². The van der Waals surface area contributed by atoms with Crippen LogP contribution in [0.3, 0.4) is 0 Å². The molecule has 2 aliphatic heterocycles. The maximum Gasteiger partial charge on any atom is 0.410 e. The number of hydrogen-bond acceptors (Lipinski definition) is 4. The molecule has 0 bridgehead atoms. The van der Waals surface area contributed by atoms with E-state index in [1.165, 1.54) is 0 Å². The van der Waals surface area contributed by atoms with Gasteiger partial charge in [-0.25, -0.2) is 4.79 Å². The Morgan fingerprint density at radius 3 is 2.88 bits per heavy atom. The number of nitrogens with zero attached hydrogens (tertiary/aromatic N) is 2.